The fourth-order valence-corrected chi connectivity index (χ4v) is 5.45. The van der Waals surface area contributed by atoms with Crippen molar-refractivity contribution in [3.05, 3.63) is 65.5 Å². The van der Waals surface area contributed by atoms with Crippen LogP contribution in [0.2, 0.25) is 0 Å². The number of amides is 1. The second kappa shape index (κ2) is 14.6. The van der Waals surface area contributed by atoms with Crippen molar-refractivity contribution in [2.75, 3.05) is 26.3 Å². The van der Waals surface area contributed by atoms with Crippen LogP contribution in [0.3, 0.4) is 0 Å². The zero-order valence-electron chi connectivity index (χ0n) is 22.8. The number of fused-ring (bicyclic) bond motifs is 3. The average molecular weight is 620 g/mol. The molecule has 5 rings (SSSR count). The fourth-order valence-electron chi connectivity index (χ4n) is 5.45. The van der Waals surface area contributed by atoms with Gasteiger partial charge in [-0.1, -0.05) is 30.3 Å². The highest BCUT2D eigenvalue weighted by molar-refractivity contribution is 5.77. The van der Waals surface area contributed by atoms with Crippen LogP contribution in [-0.4, -0.2) is 76.6 Å². The van der Waals surface area contributed by atoms with Gasteiger partial charge in [0.2, 0.25) is 5.91 Å². The Balaban J connectivity index is 0.000000303. The van der Waals surface area contributed by atoms with Gasteiger partial charge in [0.25, 0.3) is 0 Å². The summed E-state index contributed by atoms with van der Waals surface area (Å²) in [7, 11) is 0. The summed E-state index contributed by atoms with van der Waals surface area (Å²) in [6.45, 7) is 4.56. The molecule has 0 radical (unpaired) electrons. The molecular formula is C28H31F6N3O6. The molecule has 236 valence electrons. The van der Waals surface area contributed by atoms with E-state index in [4.69, 9.17) is 24.5 Å². The number of halogens is 6. The number of nitrogens with one attached hydrogen (secondary N) is 1. The normalized spacial score (nSPS) is 21.8. The zero-order chi connectivity index (χ0) is 31.8. The van der Waals surface area contributed by atoms with Gasteiger partial charge in [0.15, 0.2) is 0 Å². The van der Waals surface area contributed by atoms with Gasteiger partial charge in [-0.15, -0.1) is 0 Å². The largest absolute Gasteiger partial charge is 0.490 e. The van der Waals surface area contributed by atoms with E-state index in [0.29, 0.717) is 24.2 Å². The van der Waals surface area contributed by atoms with E-state index in [1.807, 2.05) is 18.5 Å². The van der Waals surface area contributed by atoms with Crippen molar-refractivity contribution in [2.45, 2.75) is 50.1 Å². The molecule has 9 nitrogen and oxygen atoms in total. The summed E-state index contributed by atoms with van der Waals surface area (Å²) in [6, 6.07) is 13.0. The Morgan fingerprint density at radius 3 is 2.02 bits per heavy atom. The minimum Gasteiger partial charge on any atom is -0.475 e. The number of carbonyl (C=O) groups is 3. The van der Waals surface area contributed by atoms with Crippen molar-refractivity contribution in [2.24, 2.45) is 11.8 Å². The molecule has 3 atom stereocenters. The summed E-state index contributed by atoms with van der Waals surface area (Å²) in [5.41, 5.74) is 3.99. The molecule has 1 aliphatic carbocycles. The van der Waals surface area contributed by atoms with E-state index in [1.165, 1.54) is 16.7 Å². The molecule has 3 N–H and O–H groups in total. The Morgan fingerprint density at radius 1 is 0.907 bits per heavy atom. The first-order chi connectivity index (χ1) is 20.2. The van der Waals surface area contributed by atoms with Crippen molar-refractivity contribution in [3.63, 3.8) is 0 Å². The number of alkyl halides is 6. The van der Waals surface area contributed by atoms with E-state index in [0.717, 1.165) is 45.7 Å². The number of aromatic nitrogens is 1. The van der Waals surface area contributed by atoms with Crippen LogP contribution in [0, 0.1) is 11.8 Å². The van der Waals surface area contributed by atoms with Gasteiger partial charge < -0.3 is 20.3 Å². The average Bonchev–Trinajstić information content (AvgIpc) is 3.47. The second-order valence-corrected chi connectivity index (χ2v) is 10.4. The lowest BCUT2D eigenvalue weighted by atomic mass is 9.93. The standard InChI is InChI=1S/C24H29N3O2.2C2HF3O2/c28-23(12-17-7-10-29-11-8-17)26-24-20-6-2-1-5-19(20)21-15-27(16-22(21)24)14-18-4-3-9-25-13-18;2*3-2(4,5)1(6)7/h1-6,9,13,17,21-22,24H,7-8,10-12,14-16H2,(H,26,28);2*(H,6,7)/t21-,22-,24+;;/m0../s1. The number of pyridine rings is 1. The highest BCUT2D eigenvalue weighted by Gasteiger charge is 2.46. The third-order valence-corrected chi connectivity index (χ3v) is 7.34. The lowest BCUT2D eigenvalue weighted by molar-refractivity contribution is -0.193. The third-order valence-electron chi connectivity index (χ3n) is 7.34. The Hall–Kier alpha value is -3.72. The van der Waals surface area contributed by atoms with Crippen molar-refractivity contribution in [1.82, 2.24) is 15.2 Å². The predicted molar refractivity (Wildman–Crippen MR) is 139 cm³/mol. The van der Waals surface area contributed by atoms with E-state index in [9.17, 15) is 31.1 Å². The summed E-state index contributed by atoms with van der Waals surface area (Å²) >= 11 is 0. The number of carbonyl (C=O) groups excluding carboxylic acids is 1. The second-order valence-electron chi connectivity index (χ2n) is 10.4. The Labute approximate surface area is 242 Å². The van der Waals surface area contributed by atoms with Crippen molar-refractivity contribution < 1.29 is 55.7 Å². The van der Waals surface area contributed by atoms with E-state index in [1.54, 1.807) is 0 Å². The summed E-state index contributed by atoms with van der Waals surface area (Å²) in [5.74, 6) is -3.91. The van der Waals surface area contributed by atoms with E-state index in [-0.39, 0.29) is 11.9 Å². The number of hydrogen-bond donors (Lipinski definition) is 3. The first-order valence-corrected chi connectivity index (χ1v) is 13.3. The van der Waals surface area contributed by atoms with Crippen LogP contribution in [-0.2, 0) is 25.7 Å². The van der Waals surface area contributed by atoms with Gasteiger partial charge in [0, 0.05) is 63.5 Å². The number of likely N-dealkylation sites (tertiary alicyclic amines) is 1. The predicted octanol–water partition coefficient (Wildman–Crippen LogP) is 4.55. The maximum Gasteiger partial charge on any atom is 0.490 e. The lowest BCUT2D eigenvalue weighted by Crippen LogP contribution is -2.35. The van der Waals surface area contributed by atoms with Crippen LogP contribution in [0.1, 0.15) is 47.9 Å². The van der Waals surface area contributed by atoms with E-state index >= 15 is 0 Å². The molecule has 0 bridgehead atoms. The number of carboxylic acid groups (broad SMARTS) is 2. The molecular weight excluding hydrogens is 588 g/mol. The highest BCUT2D eigenvalue weighted by Crippen LogP contribution is 2.49. The fraction of sp³-hybridized carbons (Fsp3) is 0.500. The minimum atomic E-state index is -5.08. The summed E-state index contributed by atoms with van der Waals surface area (Å²) in [4.78, 5) is 37.4. The molecule has 2 fully saturated rings. The van der Waals surface area contributed by atoms with Gasteiger partial charge in [-0.05, 0) is 41.5 Å². The molecule has 0 saturated carbocycles. The number of benzene rings is 1. The number of carboxylic acids is 2. The van der Waals surface area contributed by atoms with Crippen LogP contribution in [0.25, 0.3) is 0 Å². The minimum absolute atomic E-state index is 0.127. The zero-order valence-corrected chi connectivity index (χ0v) is 22.8. The van der Waals surface area contributed by atoms with Gasteiger partial charge >= 0.3 is 24.3 Å². The molecule has 15 heteroatoms. The summed E-state index contributed by atoms with van der Waals surface area (Å²) < 4.78 is 68.9. The Morgan fingerprint density at radius 2 is 1.49 bits per heavy atom. The van der Waals surface area contributed by atoms with Crippen molar-refractivity contribution in [3.8, 4) is 0 Å². The van der Waals surface area contributed by atoms with Gasteiger partial charge in [0.1, 0.15) is 0 Å². The SMILES string of the molecule is O=C(CC1CCOCC1)N[C@@H]1c2ccccc2[C@@H]2CN(Cc3cccnc3)C[C@H]12.O=C(O)C(F)(F)F.O=C(O)C(F)(F)F. The number of nitrogens with zero attached hydrogens (tertiary/aromatic N) is 2. The lowest BCUT2D eigenvalue weighted by Gasteiger charge is -2.25. The molecule has 2 aliphatic heterocycles. The molecule has 0 unspecified atom stereocenters. The maximum atomic E-state index is 12.9. The number of ether oxygens (including phenoxy) is 1. The van der Waals surface area contributed by atoms with Crippen molar-refractivity contribution >= 4 is 17.8 Å². The summed E-state index contributed by atoms with van der Waals surface area (Å²) in [5, 5.41) is 17.7. The van der Waals surface area contributed by atoms with E-state index in [2.05, 4.69) is 45.5 Å². The first kappa shape index (κ1) is 33.8. The molecule has 2 aromatic rings. The molecule has 3 heterocycles. The van der Waals surface area contributed by atoms with E-state index < -0.39 is 24.3 Å². The number of rotatable bonds is 5. The van der Waals surface area contributed by atoms with Gasteiger partial charge in [0.05, 0.1) is 6.04 Å². The Bertz CT molecular complexity index is 1210. The molecule has 43 heavy (non-hydrogen) atoms. The van der Waals surface area contributed by atoms with Crippen LogP contribution in [0.5, 0.6) is 0 Å². The first-order valence-electron chi connectivity index (χ1n) is 13.3. The van der Waals surface area contributed by atoms with Crippen molar-refractivity contribution in [1.29, 1.82) is 0 Å². The molecule has 3 aliphatic rings. The van der Waals surface area contributed by atoms with Crippen LogP contribution >= 0.6 is 0 Å². The quantitative estimate of drug-likeness (QED) is 0.416. The van der Waals surface area contributed by atoms with Gasteiger partial charge in [-0.3, -0.25) is 14.7 Å². The Kier molecular flexibility index (Phi) is 11.5. The van der Waals surface area contributed by atoms with Crippen LogP contribution in [0.4, 0.5) is 26.3 Å². The van der Waals surface area contributed by atoms with Gasteiger partial charge in [-0.2, -0.15) is 26.3 Å². The molecule has 1 amide bonds. The number of aliphatic carboxylic acids is 2. The smallest absolute Gasteiger partial charge is 0.475 e. The highest BCUT2D eigenvalue weighted by atomic mass is 19.4. The molecule has 1 aromatic heterocycles. The third kappa shape index (κ3) is 9.92. The molecule has 2 saturated heterocycles. The molecule has 1 aromatic carbocycles. The van der Waals surface area contributed by atoms with Crippen LogP contribution in [0.15, 0.2) is 48.8 Å². The summed E-state index contributed by atoms with van der Waals surface area (Å²) in [6.07, 6.45) is -3.77. The maximum absolute atomic E-state index is 12.9. The number of hydrogen-bond acceptors (Lipinski definition) is 6. The topological polar surface area (TPSA) is 129 Å². The van der Waals surface area contributed by atoms with Gasteiger partial charge in [-0.25, -0.2) is 9.59 Å². The monoisotopic (exact) mass is 619 g/mol. The van der Waals surface area contributed by atoms with Crippen LogP contribution < -0.4 is 5.32 Å². The molecule has 0 spiro atoms.